The summed E-state index contributed by atoms with van der Waals surface area (Å²) in [6, 6.07) is 9.08. The predicted octanol–water partition coefficient (Wildman–Crippen LogP) is 4.50. The first kappa shape index (κ1) is 13.6. The summed E-state index contributed by atoms with van der Waals surface area (Å²) in [5.41, 5.74) is 3.93. The summed E-state index contributed by atoms with van der Waals surface area (Å²) in [6.45, 7) is 3.78. The van der Waals surface area contributed by atoms with Gasteiger partial charge in [0.25, 0.3) is 5.69 Å². The molecule has 5 nitrogen and oxygen atoms in total. The van der Waals surface area contributed by atoms with Gasteiger partial charge in [-0.3, -0.25) is 10.1 Å². The number of aromatic nitrogens is 1. The molecule has 0 saturated heterocycles. The molecule has 0 aliphatic carbocycles. The third kappa shape index (κ3) is 2.09. The van der Waals surface area contributed by atoms with E-state index in [1.54, 1.807) is 6.07 Å². The van der Waals surface area contributed by atoms with Crippen LogP contribution >= 0.6 is 0 Å². The number of ether oxygens (including phenoxy) is 1. The Morgan fingerprint density at radius 1 is 1.35 bits per heavy atom. The summed E-state index contributed by atoms with van der Waals surface area (Å²) in [7, 11) is 0. The van der Waals surface area contributed by atoms with Crippen LogP contribution in [0.3, 0.4) is 0 Å². The molecule has 2 aromatic carbocycles. The van der Waals surface area contributed by atoms with E-state index >= 15 is 0 Å². The second-order valence-electron chi connectivity index (χ2n) is 5.61. The van der Waals surface area contributed by atoms with Crippen molar-refractivity contribution < 1.29 is 9.66 Å². The van der Waals surface area contributed by atoms with Crippen molar-refractivity contribution in [3.63, 3.8) is 0 Å². The highest BCUT2D eigenvalue weighted by Gasteiger charge is 2.23. The van der Waals surface area contributed by atoms with E-state index in [2.05, 4.69) is 11.6 Å². The number of hydrogen-bond acceptors (Lipinski definition) is 3. The number of aromatic amines is 1. The number of nitrogens with zero attached hydrogens (tertiary/aromatic N) is 1. The van der Waals surface area contributed by atoms with Crippen molar-refractivity contribution in [2.24, 2.45) is 0 Å². The zero-order valence-electron chi connectivity index (χ0n) is 12.3. The number of fused-ring (bicyclic) bond motifs is 1. The molecule has 4 rings (SSSR count). The van der Waals surface area contributed by atoms with Gasteiger partial charge in [-0.2, -0.15) is 0 Å². The SMILES string of the molecule is C=CCc1cccc2c1Oc1cc([N+](=O)[O-])cc3[nH]cc(c13)C2. The van der Waals surface area contributed by atoms with Crippen molar-refractivity contribution in [3.8, 4) is 11.5 Å². The molecule has 0 radical (unpaired) electrons. The number of nitrogens with one attached hydrogen (secondary N) is 1. The molecule has 2 heterocycles. The lowest BCUT2D eigenvalue weighted by Gasteiger charge is -2.12. The van der Waals surface area contributed by atoms with Crippen LogP contribution < -0.4 is 4.74 Å². The average Bonchev–Trinajstić information content (AvgIpc) is 2.85. The predicted molar refractivity (Wildman–Crippen MR) is 88.2 cm³/mol. The second-order valence-corrected chi connectivity index (χ2v) is 5.61. The zero-order chi connectivity index (χ0) is 16.0. The third-order valence-corrected chi connectivity index (χ3v) is 4.16. The van der Waals surface area contributed by atoms with E-state index in [9.17, 15) is 10.1 Å². The smallest absolute Gasteiger partial charge is 0.275 e. The summed E-state index contributed by atoms with van der Waals surface area (Å²) in [5.74, 6) is 1.31. The molecule has 1 N–H and O–H groups in total. The highest BCUT2D eigenvalue weighted by atomic mass is 16.6. The van der Waals surface area contributed by atoms with Crippen molar-refractivity contribution in [1.82, 2.24) is 4.98 Å². The van der Waals surface area contributed by atoms with E-state index < -0.39 is 4.92 Å². The first-order valence-corrected chi connectivity index (χ1v) is 7.35. The number of benzene rings is 2. The topological polar surface area (TPSA) is 68.2 Å². The molecular formula is C18H14N2O3. The van der Waals surface area contributed by atoms with Crippen LogP contribution in [0, 0.1) is 10.1 Å². The molecule has 1 aliphatic heterocycles. The van der Waals surface area contributed by atoms with Gasteiger partial charge in [0.05, 0.1) is 16.5 Å². The molecule has 3 aromatic rings. The van der Waals surface area contributed by atoms with Gasteiger partial charge in [-0.15, -0.1) is 6.58 Å². The lowest BCUT2D eigenvalue weighted by Crippen LogP contribution is -1.95. The number of hydrogen-bond donors (Lipinski definition) is 1. The van der Waals surface area contributed by atoms with Crippen LogP contribution in [0.2, 0.25) is 0 Å². The van der Waals surface area contributed by atoms with E-state index in [1.807, 2.05) is 30.5 Å². The van der Waals surface area contributed by atoms with E-state index in [0.717, 1.165) is 39.8 Å². The number of allylic oxidation sites excluding steroid dienone is 1. The molecule has 1 aromatic heterocycles. The molecule has 23 heavy (non-hydrogen) atoms. The molecule has 0 bridgehead atoms. The van der Waals surface area contributed by atoms with Crippen LogP contribution in [0.1, 0.15) is 16.7 Å². The van der Waals surface area contributed by atoms with Crippen LogP contribution in [0.25, 0.3) is 10.9 Å². The maximum Gasteiger partial charge on any atom is 0.275 e. The Labute approximate surface area is 132 Å². The van der Waals surface area contributed by atoms with Crippen LogP contribution in [-0.4, -0.2) is 9.91 Å². The standard InChI is InChI=1S/C18H14N2O3/c1-2-4-11-5-3-6-12-7-13-10-19-15-8-14(20(21)22)9-16(17(13)15)23-18(11)12/h2-3,5-6,8-10,19H,1,4,7H2. The van der Waals surface area contributed by atoms with E-state index in [1.165, 1.54) is 6.07 Å². The normalized spacial score (nSPS) is 12.3. The summed E-state index contributed by atoms with van der Waals surface area (Å²) in [5, 5.41) is 12.1. The quantitative estimate of drug-likeness (QED) is 0.344. The maximum atomic E-state index is 11.2. The first-order chi connectivity index (χ1) is 11.2. The second kappa shape index (κ2) is 4.98. The Hall–Kier alpha value is -3.08. The average molecular weight is 306 g/mol. The first-order valence-electron chi connectivity index (χ1n) is 7.35. The fraction of sp³-hybridized carbons (Fsp3) is 0.111. The Kier molecular flexibility index (Phi) is 2.94. The van der Waals surface area contributed by atoms with Gasteiger partial charge in [-0.25, -0.2) is 0 Å². The molecule has 1 aliphatic rings. The summed E-state index contributed by atoms with van der Waals surface area (Å²) in [6.07, 6.45) is 5.15. The van der Waals surface area contributed by atoms with Crippen molar-refractivity contribution in [2.75, 3.05) is 0 Å². The third-order valence-electron chi connectivity index (χ3n) is 4.16. The number of para-hydroxylation sites is 1. The summed E-state index contributed by atoms with van der Waals surface area (Å²) < 4.78 is 6.14. The van der Waals surface area contributed by atoms with Crippen LogP contribution in [0.4, 0.5) is 5.69 Å². The minimum absolute atomic E-state index is 0.0190. The van der Waals surface area contributed by atoms with Gasteiger partial charge in [0, 0.05) is 24.1 Å². The minimum atomic E-state index is -0.402. The van der Waals surface area contributed by atoms with Gasteiger partial charge < -0.3 is 9.72 Å². The highest BCUT2D eigenvalue weighted by molar-refractivity contribution is 5.92. The fourth-order valence-electron chi connectivity index (χ4n) is 3.15. The van der Waals surface area contributed by atoms with Crippen molar-refractivity contribution in [3.05, 3.63) is 76.0 Å². The van der Waals surface area contributed by atoms with Gasteiger partial charge in [0.1, 0.15) is 11.5 Å². The Morgan fingerprint density at radius 2 is 2.22 bits per heavy atom. The summed E-state index contributed by atoms with van der Waals surface area (Å²) >= 11 is 0. The zero-order valence-corrected chi connectivity index (χ0v) is 12.3. The van der Waals surface area contributed by atoms with Gasteiger partial charge in [-0.1, -0.05) is 24.3 Å². The van der Waals surface area contributed by atoms with Crippen molar-refractivity contribution >= 4 is 16.6 Å². The highest BCUT2D eigenvalue weighted by Crippen LogP contribution is 2.42. The van der Waals surface area contributed by atoms with Crippen LogP contribution in [-0.2, 0) is 12.8 Å². The molecule has 0 amide bonds. The van der Waals surface area contributed by atoms with Crippen LogP contribution in [0.5, 0.6) is 11.5 Å². The van der Waals surface area contributed by atoms with Gasteiger partial charge in [0.2, 0.25) is 0 Å². The Bertz CT molecular complexity index is 956. The lowest BCUT2D eigenvalue weighted by molar-refractivity contribution is -0.384. The van der Waals surface area contributed by atoms with Gasteiger partial charge in [0.15, 0.2) is 0 Å². The number of rotatable bonds is 3. The van der Waals surface area contributed by atoms with E-state index in [-0.39, 0.29) is 5.69 Å². The maximum absolute atomic E-state index is 11.2. The monoisotopic (exact) mass is 306 g/mol. The van der Waals surface area contributed by atoms with Gasteiger partial charge >= 0.3 is 0 Å². The van der Waals surface area contributed by atoms with Gasteiger partial charge in [-0.05, 0) is 23.1 Å². The lowest BCUT2D eigenvalue weighted by atomic mass is 10.0. The molecular weight excluding hydrogens is 292 g/mol. The molecule has 0 atom stereocenters. The molecule has 0 unspecified atom stereocenters. The van der Waals surface area contributed by atoms with Crippen LogP contribution in [0.15, 0.2) is 49.2 Å². The van der Waals surface area contributed by atoms with Crippen molar-refractivity contribution in [2.45, 2.75) is 12.8 Å². The molecule has 0 spiro atoms. The Balaban J connectivity index is 1.97. The number of nitro groups is 1. The molecule has 114 valence electrons. The minimum Gasteiger partial charge on any atom is -0.456 e. The molecule has 0 fully saturated rings. The summed E-state index contributed by atoms with van der Waals surface area (Å²) in [4.78, 5) is 13.9. The van der Waals surface area contributed by atoms with Crippen molar-refractivity contribution in [1.29, 1.82) is 0 Å². The molecule has 5 heteroatoms. The molecule has 0 saturated carbocycles. The number of H-pyrrole nitrogens is 1. The number of non-ortho nitro benzene ring substituents is 1. The van der Waals surface area contributed by atoms with E-state index in [0.29, 0.717) is 12.2 Å². The Morgan fingerprint density at radius 3 is 3.00 bits per heavy atom. The number of nitro benzene ring substituents is 1. The fourth-order valence-corrected chi connectivity index (χ4v) is 3.15. The largest absolute Gasteiger partial charge is 0.456 e. The van der Waals surface area contributed by atoms with E-state index in [4.69, 9.17) is 4.74 Å².